The summed E-state index contributed by atoms with van der Waals surface area (Å²) in [5.74, 6) is 1.75. The Hall–Kier alpha value is -2.08. The Kier molecular flexibility index (Phi) is 4.58. The highest BCUT2D eigenvalue weighted by atomic mass is 16.5. The molecule has 0 spiro atoms. The molecule has 1 fully saturated rings. The van der Waals surface area contributed by atoms with Gasteiger partial charge in [-0.1, -0.05) is 17.6 Å². The Balaban J connectivity index is 1.53. The Morgan fingerprint density at radius 3 is 2.45 bits per heavy atom. The molecule has 0 saturated carbocycles. The number of hydrogen-bond acceptors (Lipinski definition) is 5. The minimum Gasteiger partial charge on any atom is -0.481 e. The topological polar surface area (TPSA) is 41.5 Å². The summed E-state index contributed by atoms with van der Waals surface area (Å²) in [4.78, 5) is 13.6. The predicted molar refractivity (Wildman–Crippen MR) is 90.7 cm³/mol. The van der Waals surface area contributed by atoms with Gasteiger partial charge in [-0.3, -0.25) is 4.90 Å². The molecule has 1 saturated heterocycles. The van der Waals surface area contributed by atoms with Gasteiger partial charge in [0.2, 0.25) is 5.88 Å². The number of rotatable bonds is 4. The molecule has 0 radical (unpaired) electrons. The Morgan fingerprint density at radius 2 is 1.86 bits per heavy atom. The zero-order valence-corrected chi connectivity index (χ0v) is 13.2. The van der Waals surface area contributed by atoms with Gasteiger partial charge in [0.05, 0.1) is 7.11 Å². The van der Waals surface area contributed by atoms with Crippen LogP contribution in [0.2, 0.25) is 0 Å². The van der Waals surface area contributed by atoms with Crippen molar-refractivity contribution in [2.75, 3.05) is 38.2 Å². The van der Waals surface area contributed by atoms with Gasteiger partial charge in [-0.15, -0.1) is 0 Å². The smallest absolute Gasteiger partial charge is 0.212 e. The van der Waals surface area contributed by atoms with E-state index in [1.54, 1.807) is 7.11 Å². The first-order valence-corrected chi connectivity index (χ1v) is 7.63. The molecular weight excluding hydrogens is 275 g/mol. The van der Waals surface area contributed by atoms with Crippen LogP contribution in [0.4, 0.5) is 5.82 Å². The van der Waals surface area contributed by atoms with E-state index < -0.39 is 0 Å². The molecule has 5 nitrogen and oxygen atoms in total. The fraction of sp³-hybridized carbons (Fsp3) is 0.375. The summed E-state index contributed by atoms with van der Waals surface area (Å²) in [7, 11) is 3.71. The number of ether oxygens (including phenoxy) is 1. The third kappa shape index (κ3) is 3.57. The van der Waals surface area contributed by atoms with Crippen molar-refractivity contribution < 1.29 is 4.74 Å². The van der Waals surface area contributed by atoms with E-state index in [1.807, 2.05) is 18.5 Å². The van der Waals surface area contributed by atoms with E-state index in [1.165, 1.54) is 11.0 Å². The van der Waals surface area contributed by atoms with Crippen LogP contribution in [0.5, 0.6) is 5.88 Å². The van der Waals surface area contributed by atoms with Gasteiger partial charge in [-0.2, -0.15) is 0 Å². The van der Waals surface area contributed by atoms with E-state index in [-0.39, 0.29) is 0 Å². The second kappa shape index (κ2) is 6.79. The largest absolute Gasteiger partial charge is 0.481 e. The first-order valence-electron chi connectivity index (χ1n) is 7.63. The standard InChI is InChI=1S/C16H21BN4O/c1-22-16-5-2-13(10-19-16)12-20-6-8-21(9-7-20)15-4-3-14(17)11-18-15/h2-5,10-11H,6-9,12,17H2,1H3. The van der Waals surface area contributed by atoms with E-state index in [0.717, 1.165) is 38.5 Å². The molecular formula is C16H21BN4O. The van der Waals surface area contributed by atoms with Crippen LogP contribution < -0.4 is 15.1 Å². The molecule has 3 rings (SSSR count). The third-order valence-electron chi connectivity index (χ3n) is 4.00. The van der Waals surface area contributed by atoms with Crippen molar-refractivity contribution in [3.05, 3.63) is 42.2 Å². The van der Waals surface area contributed by atoms with E-state index >= 15 is 0 Å². The molecule has 114 valence electrons. The lowest BCUT2D eigenvalue weighted by molar-refractivity contribution is 0.249. The number of piperazine rings is 1. The van der Waals surface area contributed by atoms with Gasteiger partial charge >= 0.3 is 0 Å². The maximum absolute atomic E-state index is 5.09. The Labute approximate surface area is 132 Å². The first-order chi connectivity index (χ1) is 10.7. The molecule has 0 bridgehead atoms. The molecule has 1 aliphatic heterocycles. The van der Waals surface area contributed by atoms with E-state index in [4.69, 9.17) is 4.74 Å². The van der Waals surface area contributed by atoms with Gasteiger partial charge in [0, 0.05) is 51.2 Å². The number of pyridine rings is 2. The van der Waals surface area contributed by atoms with E-state index in [0.29, 0.717) is 5.88 Å². The van der Waals surface area contributed by atoms with Crippen LogP contribution in [0, 0.1) is 0 Å². The fourth-order valence-electron chi connectivity index (χ4n) is 2.67. The molecule has 0 amide bonds. The van der Waals surface area contributed by atoms with Crippen molar-refractivity contribution in [3.8, 4) is 5.88 Å². The van der Waals surface area contributed by atoms with Crippen molar-refractivity contribution in [1.82, 2.24) is 14.9 Å². The summed E-state index contributed by atoms with van der Waals surface area (Å²) in [5, 5.41) is 0. The van der Waals surface area contributed by atoms with E-state index in [9.17, 15) is 0 Å². The van der Waals surface area contributed by atoms with Crippen LogP contribution in [-0.4, -0.2) is 56.0 Å². The van der Waals surface area contributed by atoms with Crippen molar-refractivity contribution >= 4 is 19.1 Å². The second-order valence-corrected chi connectivity index (χ2v) is 5.67. The van der Waals surface area contributed by atoms with Gasteiger partial charge in [0.25, 0.3) is 0 Å². The summed E-state index contributed by atoms with van der Waals surface area (Å²) in [6.07, 6.45) is 3.83. The highest BCUT2D eigenvalue weighted by Crippen LogP contribution is 2.14. The molecule has 3 heterocycles. The molecule has 0 aliphatic carbocycles. The summed E-state index contributed by atoms with van der Waals surface area (Å²) < 4.78 is 5.09. The molecule has 2 aromatic rings. The highest BCUT2D eigenvalue weighted by molar-refractivity contribution is 6.32. The summed E-state index contributed by atoms with van der Waals surface area (Å²) in [6, 6.07) is 8.23. The summed E-state index contributed by atoms with van der Waals surface area (Å²) >= 11 is 0. The SMILES string of the molecule is Bc1ccc(N2CCN(Cc3ccc(OC)nc3)CC2)nc1. The minimum atomic E-state index is 0.666. The highest BCUT2D eigenvalue weighted by Gasteiger charge is 2.18. The van der Waals surface area contributed by atoms with Crippen molar-refractivity contribution in [3.63, 3.8) is 0 Å². The fourth-order valence-corrected chi connectivity index (χ4v) is 2.67. The average Bonchev–Trinajstić information content (AvgIpc) is 2.57. The number of hydrogen-bond donors (Lipinski definition) is 0. The number of aromatic nitrogens is 2. The van der Waals surface area contributed by atoms with Gasteiger partial charge in [0.15, 0.2) is 0 Å². The normalized spacial score (nSPS) is 15.8. The first kappa shape index (κ1) is 14.8. The van der Waals surface area contributed by atoms with Gasteiger partial charge in [-0.05, 0) is 11.6 Å². The molecule has 2 aromatic heterocycles. The molecule has 0 aromatic carbocycles. The molecule has 1 aliphatic rings. The number of anilines is 1. The molecule has 6 heteroatoms. The van der Waals surface area contributed by atoms with Crippen LogP contribution in [0.25, 0.3) is 0 Å². The van der Waals surface area contributed by atoms with Crippen molar-refractivity contribution in [1.29, 1.82) is 0 Å². The molecule has 0 atom stereocenters. The monoisotopic (exact) mass is 296 g/mol. The Bertz CT molecular complexity index is 595. The van der Waals surface area contributed by atoms with Crippen molar-refractivity contribution in [2.45, 2.75) is 6.54 Å². The zero-order valence-electron chi connectivity index (χ0n) is 13.2. The second-order valence-electron chi connectivity index (χ2n) is 5.67. The Morgan fingerprint density at radius 1 is 1.05 bits per heavy atom. The third-order valence-corrected chi connectivity index (χ3v) is 4.00. The summed E-state index contributed by atoms with van der Waals surface area (Å²) in [5.41, 5.74) is 2.43. The maximum Gasteiger partial charge on any atom is 0.212 e. The van der Waals surface area contributed by atoms with Gasteiger partial charge in [0.1, 0.15) is 13.7 Å². The maximum atomic E-state index is 5.09. The van der Waals surface area contributed by atoms with Crippen LogP contribution in [-0.2, 0) is 6.54 Å². The number of nitrogens with zero attached hydrogens (tertiary/aromatic N) is 4. The van der Waals surface area contributed by atoms with Crippen LogP contribution >= 0.6 is 0 Å². The lowest BCUT2D eigenvalue weighted by Gasteiger charge is -2.35. The lowest BCUT2D eigenvalue weighted by Crippen LogP contribution is -2.46. The van der Waals surface area contributed by atoms with Gasteiger partial charge < -0.3 is 9.64 Å². The van der Waals surface area contributed by atoms with Crippen LogP contribution in [0.3, 0.4) is 0 Å². The quantitative estimate of drug-likeness (QED) is 0.747. The van der Waals surface area contributed by atoms with Gasteiger partial charge in [-0.25, -0.2) is 9.97 Å². The molecule has 22 heavy (non-hydrogen) atoms. The predicted octanol–water partition coefficient (Wildman–Crippen LogP) is 0.0658. The van der Waals surface area contributed by atoms with Crippen LogP contribution in [0.1, 0.15) is 5.56 Å². The molecule has 0 unspecified atom stereocenters. The van der Waals surface area contributed by atoms with Crippen molar-refractivity contribution in [2.24, 2.45) is 0 Å². The van der Waals surface area contributed by atoms with E-state index in [2.05, 4.69) is 45.8 Å². The minimum absolute atomic E-state index is 0.666. The summed E-state index contributed by atoms with van der Waals surface area (Å²) in [6.45, 7) is 5.05. The molecule has 0 N–H and O–H groups in total. The lowest BCUT2D eigenvalue weighted by atomic mass is 9.99. The zero-order chi connectivity index (χ0) is 15.4. The number of methoxy groups -OCH3 is 1. The average molecular weight is 296 g/mol. The van der Waals surface area contributed by atoms with Crippen LogP contribution in [0.15, 0.2) is 36.7 Å².